The van der Waals surface area contributed by atoms with Gasteiger partial charge in [0, 0.05) is 45.0 Å². The van der Waals surface area contributed by atoms with Gasteiger partial charge in [-0.25, -0.2) is 4.99 Å². The Morgan fingerprint density at radius 3 is 2.81 bits per heavy atom. The number of ether oxygens (including phenoxy) is 1. The average Bonchev–Trinajstić information content (AvgIpc) is 3.39. The fourth-order valence-corrected chi connectivity index (χ4v) is 3.72. The van der Waals surface area contributed by atoms with E-state index in [0.717, 1.165) is 55.6 Å². The number of methoxy groups -OCH3 is 1. The zero-order chi connectivity index (χ0) is 21.6. The monoisotopic (exact) mass is 542 g/mol. The molecular weight excluding hydrogens is 507 g/mol. The molecule has 0 amide bonds. The van der Waals surface area contributed by atoms with E-state index in [0.29, 0.717) is 5.92 Å². The van der Waals surface area contributed by atoms with E-state index in [1.165, 1.54) is 0 Å². The van der Waals surface area contributed by atoms with Crippen molar-refractivity contribution in [3.63, 3.8) is 0 Å². The highest BCUT2D eigenvalue weighted by atomic mass is 127. The van der Waals surface area contributed by atoms with Crippen LogP contribution in [0.4, 0.5) is 5.69 Å². The summed E-state index contributed by atoms with van der Waals surface area (Å²) in [6.07, 6.45) is 4.61. The number of aromatic nitrogens is 2. The summed E-state index contributed by atoms with van der Waals surface area (Å²) in [5.41, 5.74) is 0.841. The third kappa shape index (κ3) is 6.73. The molecule has 1 saturated heterocycles. The lowest BCUT2D eigenvalue weighted by atomic mass is 10.0. The topological polar surface area (TPSA) is 86.9 Å². The maximum Gasteiger partial charge on any atom is 0.191 e. The summed E-state index contributed by atoms with van der Waals surface area (Å²) in [4.78, 5) is 6.99. The van der Waals surface area contributed by atoms with Crippen LogP contribution in [0, 0.1) is 5.92 Å². The molecule has 2 unspecified atom stereocenters. The Bertz CT molecular complexity index is 854. The fourth-order valence-electron chi connectivity index (χ4n) is 3.72. The molecule has 0 bridgehead atoms. The van der Waals surface area contributed by atoms with E-state index in [4.69, 9.17) is 4.74 Å². The van der Waals surface area contributed by atoms with E-state index in [1.807, 2.05) is 38.4 Å². The van der Waals surface area contributed by atoms with E-state index in [-0.39, 0.29) is 30.5 Å². The zero-order valence-electron chi connectivity index (χ0n) is 18.8. The number of hydrogen-bond donors (Lipinski definition) is 3. The fraction of sp³-hybridized carbons (Fsp3) is 0.545. The third-order valence-corrected chi connectivity index (χ3v) is 5.49. The molecule has 2 heterocycles. The number of nitrogens with one attached hydrogen (secondary N) is 2. The number of hydrogen-bond acceptors (Lipinski definition) is 5. The standard InChI is InChI=1S/C22H34N6O2.HI/c1-5-23-21(25-16-22(2,29)18-13-26-27(3)15-18)24-12-17-10-11-28(14-17)19-8-6-7-9-20(19)30-4;/h6-9,13,15,17,29H,5,10-12,14,16H2,1-4H3,(H2,23,24,25);1H. The highest BCUT2D eigenvalue weighted by Gasteiger charge is 2.26. The first-order valence-corrected chi connectivity index (χ1v) is 10.5. The summed E-state index contributed by atoms with van der Waals surface area (Å²) in [6, 6.07) is 8.16. The van der Waals surface area contributed by atoms with E-state index < -0.39 is 5.60 Å². The lowest BCUT2D eigenvalue weighted by molar-refractivity contribution is 0.0671. The number of halogens is 1. The van der Waals surface area contributed by atoms with Crippen molar-refractivity contribution in [1.82, 2.24) is 20.4 Å². The second-order valence-electron chi connectivity index (χ2n) is 8.03. The van der Waals surface area contributed by atoms with Crippen LogP contribution >= 0.6 is 24.0 Å². The maximum atomic E-state index is 10.8. The number of aliphatic hydroxyl groups is 1. The molecule has 1 aliphatic rings. The molecule has 172 valence electrons. The minimum absolute atomic E-state index is 0. The summed E-state index contributed by atoms with van der Waals surface area (Å²) < 4.78 is 7.19. The van der Waals surface area contributed by atoms with E-state index in [9.17, 15) is 5.11 Å². The maximum absolute atomic E-state index is 10.8. The van der Waals surface area contributed by atoms with Gasteiger partial charge in [-0.3, -0.25) is 4.68 Å². The first-order chi connectivity index (χ1) is 14.4. The minimum Gasteiger partial charge on any atom is -0.495 e. The van der Waals surface area contributed by atoms with Gasteiger partial charge in [-0.2, -0.15) is 5.10 Å². The van der Waals surface area contributed by atoms with Crippen LogP contribution < -0.4 is 20.3 Å². The summed E-state index contributed by atoms with van der Waals surface area (Å²) in [6.45, 7) is 7.63. The largest absolute Gasteiger partial charge is 0.495 e. The van der Waals surface area contributed by atoms with Crippen LogP contribution in [0.5, 0.6) is 5.75 Å². The Balaban J connectivity index is 0.00000341. The average molecular weight is 542 g/mol. The molecule has 2 aromatic rings. The Hall–Kier alpha value is -2.01. The van der Waals surface area contributed by atoms with Gasteiger partial charge in [0.05, 0.1) is 25.5 Å². The van der Waals surface area contributed by atoms with E-state index in [2.05, 4.69) is 31.7 Å². The number of nitrogens with zero attached hydrogens (tertiary/aromatic N) is 4. The van der Waals surface area contributed by atoms with Gasteiger partial charge >= 0.3 is 0 Å². The molecular formula is C22H35IN6O2. The summed E-state index contributed by atoms with van der Waals surface area (Å²) >= 11 is 0. The molecule has 2 atom stereocenters. The van der Waals surface area contributed by atoms with Crippen LogP contribution in [0.25, 0.3) is 0 Å². The molecule has 1 aliphatic heterocycles. The van der Waals surface area contributed by atoms with E-state index in [1.54, 1.807) is 24.9 Å². The predicted molar refractivity (Wildman–Crippen MR) is 135 cm³/mol. The highest BCUT2D eigenvalue weighted by molar-refractivity contribution is 14.0. The lowest BCUT2D eigenvalue weighted by Crippen LogP contribution is -2.41. The molecule has 1 aromatic carbocycles. The number of benzene rings is 1. The first kappa shape index (κ1) is 25.3. The van der Waals surface area contributed by atoms with Crippen molar-refractivity contribution in [1.29, 1.82) is 0 Å². The minimum atomic E-state index is -1.06. The Morgan fingerprint density at radius 1 is 1.35 bits per heavy atom. The number of aryl methyl sites for hydroxylation is 1. The first-order valence-electron chi connectivity index (χ1n) is 10.5. The number of guanidine groups is 1. The van der Waals surface area contributed by atoms with Crippen LogP contribution in [0.1, 0.15) is 25.8 Å². The second-order valence-corrected chi connectivity index (χ2v) is 8.03. The molecule has 0 radical (unpaired) electrons. The van der Waals surface area contributed by atoms with Gasteiger partial charge < -0.3 is 25.4 Å². The molecule has 3 rings (SSSR count). The van der Waals surface area contributed by atoms with Crippen molar-refractivity contribution in [3.8, 4) is 5.75 Å². The van der Waals surface area contributed by atoms with Crippen molar-refractivity contribution >= 4 is 35.6 Å². The van der Waals surface area contributed by atoms with Crippen LogP contribution in [-0.2, 0) is 12.6 Å². The van der Waals surface area contributed by atoms with Crippen molar-refractivity contribution in [2.75, 3.05) is 44.7 Å². The number of anilines is 1. The Kier molecular flexibility index (Phi) is 9.42. The highest BCUT2D eigenvalue weighted by Crippen LogP contribution is 2.31. The van der Waals surface area contributed by atoms with Gasteiger partial charge in [-0.15, -0.1) is 24.0 Å². The molecule has 9 heteroatoms. The molecule has 3 N–H and O–H groups in total. The normalized spacial score (nSPS) is 18.3. The molecule has 31 heavy (non-hydrogen) atoms. The molecule has 1 fully saturated rings. The summed E-state index contributed by atoms with van der Waals surface area (Å²) in [5.74, 6) is 2.15. The van der Waals surface area contributed by atoms with Crippen LogP contribution in [-0.4, -0.2) is 60.7 Å². The molecule has 0 spiro atoms. The Labute approximate surface area is 202 Å². The SMILES string of the molecule is CCNC(=NCC(C)(O)c1cnn(C)c1)NCC1CCN(c2ccccc2OC)C1.I. The lowest BCUT2D eigenvalue weighted by Gasteiger charge is -2.22. The third-order valence-electron chi connectivity index (χ3n) is 5.49. The Morgan fingerprint density at radius 2 is 2.13 bits per heavy atom. The predicted octanol–water partition coefficient (Wildman–Crippen LogP) is 2.34. The van der Waals surface area contributed by atoms with Crippen molar-refractivity contribution in [3.05, 3.63) is 42.2 Å². The van der Waals surface area contributed by atoms with Crippen LogP contribution in [0.3, 0.4) is 0 Å². The van der Waals surface area contributed by atoms with E-state index >= 15 is 0 Å². The van der Waals surface area contributed by atoms with Gasteiger partial charge in [0.2, 0.25) is 0 Å². The zero-order valence-corrected chi connectivity index (χ0v) is 21.2. The number of aliphatic imine (C=N–C) groups is 1. The van der Waals surface area contributed by atoms with Crippen molar-refractivity contribution in [2.24, 2.45) is 18.0 Å². The quantitative estimate of drug-likeness (QED) is 0.270. The van der Waals surface area contributed by atoms with Crippen LogP contribution in [0.15, 0.2) is 41.7 Å². The molecule has 1 aromatic heterocycles. The van der Waals surface area contributed by atoms with Crippen LogP contribution in [0.2, 0.25) is 0 Å². The van der Waals surface area contributed by atoms with Gasteiger partial charge in [-0.05, 0) is 38.3 Å². The summed E-state index contributed by atoms with van der Waals surface area (Å²) in [5, 5.41) is 21.6. The number of rotatable bonds is 8. The van der Waals surface area contributed by atoms with Gasteiger partial charge in [0.25, 0.3) is 0 Å². The smallest absolute Gasteiger partial charge is 0.191 e. The number of para-hydroxylation sites is 2. The summed E-state index contributed by atoms with van der Waals surface area (Å²) in [7, 11) is 3.55. The van der Waals surface area contributed by atoms with Gasteiger partial charge in [0.1, 0.15) is 11.4 Å². The molecule has 0 aliphatic carbocycles. The van der Waals surface area contributed by atoms with Crippen molar-refractivity contribution in [2.45, 2.75) is 25.9 Å². The molecule has 8 nitrogen and oxygen atoms in total. The molecule has 0 saturated carbocycles. The van der Waals surface area contributed by atoms with Crippen molar-refractivity contribution < 1.29 is 9.84 Å². The van der Waals surface area contributed by atoms with Gasteiger partial charge in [-0.1, -0.05) is 12.1 Å². The van der Waals surface area contributed by atoms with Gasteiger partial charge in [0.15, 0.2) is 5.96 Å². The second kappa shape index (κ2) is 11.6.